The van der Waals surface area contributed by atoms with Gasteiger partial charge in [0.1, 0.15) is 0 Å². The van der Waals surface area contributed by atoms with Crippen LogP contribution < -0.4 is 10.2 Å². The van der Waals surface area contributed by atoms with E-state index in [9.17, 15) is 13.2 Å². The van der Waals surface area contributed by atoms with Crippen LogP contribution in [0.25, 0.3) is 0 Å². The minimum atomic E-state index is -3.65. The molecule has 2 aromatic carbocycles. The molecular weight excluding hydrogens is 470 g/mol. The van der Waals surface area contributed by atoms with Crippen LogP contribution in [0.5, 0.6) is 0 Å². The van der Waals surface area contributed by atoms with Gasteiger partial charge in [0.15, 0.2) is 0 Å². The fourth-order valence-corrected chi connectivity index (χ4v) is 6.44. The molecule has 2 fully saturated rings. The first-order valence-corrected chi connectivity index (χ1v) is 14.0. The minimum Gasteiger partial charge on any atom is -0.372 e. The number of piperidine rings is 2. The zero-order valence-corrected chi connectivity index (χ0v) is 21.5. The number of sulfonamides is 1. The van der Waals surface area contributed by atoms with Crippen molar-refractivity contribution in [1.29, 1.82) is 0 Å². The van der Waals surface area contributed by atoms with Crippen molar-refractivity contribution >= 4 is 33.2 Å². The number of nitrogens with one attached hydrogen (secondary N) is 1. The lowest BCUT2D eigenvalue weighted by Crippen LogP contribution is -2.45. The van der Waals surface area contributed by atoms with Crippen LogP contribution in [0.15, 0.2) is 53.4 Å². The molecule has 0 aromatic heterocycles. The van der Waals surface area contributed by atoms with Crippen LogP contribution in [0.1, 0.15) is 51.1 Å². The fraction of sp³-hybridized carbons (Fsp3) is 0.500. The van der Waals surface area contributed by atoms with E-state index in [-0.39, 0.29) is 29.3 Å². The Bertz CT molecular complexity index is 1080. The average Bonchev–Trinajstić information content (AvgIpc) is 2.85. The Morgan fingerprint density at radius 1 is 1.00 bits per heavy atom. The van der Waals surface area contributed by atoms with Crippen molar-refractivity contribution in [2.24, 2.45) is 11.8 Å². The molecule has 0 aliphatic carbocycles. The second-order valence-electron chi connectivity index (χ2n) is 9.65. The van der Waals surface area contributed by atoms with Gasteiger partial charge in [-0.1, -0.05) is 30.7 Å². The molecule has 0 spiro atoms. The lowest BCUT2D eigenvalue weighted by Gasteiger charge is -2.32. The summed E-state index contributed by atoms with van der Waals surface area (Å²) in [5.41, 5.74) is 2.27. The van der Waals surface area contributed by atoms with Gasteiger partial charge in [0.25, 0.3) is 0 Å². The normalized spacial score (nSPS) is 21.3. The fourth-order valence-electron chi connectivity index (χ4n) is 4.79. The van der Waals surface area contributed by atoms with Gasteiger partial charge in [0, 0.05) is 36.9 Å². The second-order valence-corrected chi connectivity index (χ2v) is 12.0. The van der Waals surface area contributed by atoms with Gasteiger partial charge >= 0.3 is 0 Å². The Morgan fingerprint density at radius 2 is 1.65 bits per heavy atom. The first-order chi connectivity index (χ1) is 16.2. The summed E-state index contributed by atoms with van der Waals surface area (Å²) in [6.45, 7) is 7.06. The third-order valence-corrected chi connectivity index (χ3v) is 9.24. The molecule has 6 nitrogen and oxygen atoms in total. The van der Waals surface area contributed by atoms with Crippen LogP contribution in [0.3, 0.4) is 0 Å². The lowest BCUT2D eigenvalue weighted by molar-refractivity contribution is -0.126. The monoisotopic (exact) mass is 503 g/mol. The van der Waals surface area contributed by atoms with E-state index < -0.39 is 10.0 Å². The maximum Gasteiger partial charge on any atom is 0.243 e. The summed E-state index contributed by atoms with van der Waals surface area (Å²) in [5, 5.41) is 3.59. The van der Waals surface area contributed by atoms with E-state index in [0.29, 0.717) is 24.4 Å². The highest BCUT2D eigenvalue weighted by molar-refractivity contribution is 7.89. The van der Waals surface area contributed by atoms with Crippen molar-refractivity contribution in [2.45, 2.75) is 50.5 Å². The molecule has 8 heteroatoms. The smallest absolute Gasteiger partial charge is 0.243 e. The first-order valence-electron chi connectivity index (χ1n) is 12.1. The van der Waals surface area contributed by atoms with Crippen LogP contribution in [-0.2, 0) is 14.8 Å². The molecule has 1 amide bonds. The first kappa shape index (κ1) is 25.0. The van der Waals surface area contributed by atoms with Crippen LogP contribution in [-0.4, -0.2) is 44.8 Å². The molecule has 0 bridgehead atoms. The van der Waals surface area contributed by atoms with Gasteiger partial charge in [-0.2, -0.15) is 4.31 Å². The summed E-state index contributed by atoms with van der Waals surface area (Å²) in [5.74, 6) is 0.327. The minimum absolute atomic E-state index is 0.0994. The van der Waals surface area contributed by atoms with Gasteiger partial charge in [-0.05, 0) is 80.5 Å². The van der Waals surface area contributed by atoms with Gasteiger partial charge in [-0.3, -0.25) is 4.79 Å². The number of nitrogens with zero attached hydrogens (tertiary/aromatic N) is 2. The van der Waals surface area contributed by atoms with Crippen molar-refractivity contribution in [3.05, 3.63) is 59.1 Å². The van der Waals surface area contributed by atoms with E-state index in [1.165, 1.54) is 35.0 Å². The highest BCUT2D eigenvalue weighted by atomic mass is 35.5. The van der Waals surface area contributed by atoms with E-state index in [1.807, 2.05) is 6.92 Å². The van der Waals surface area contributed by atoms with Gasteiger partial charge in [0.05, 0.1) is 16.9 Å². The Hall–Kier alpha value is -2.09. The Kier molecular flexibility index (Phi) is 7.85. The molecule has 0 radical (unpaired) electrons. The van der Waals surface area contributed by atoms with Crippen LogP contribution in [0.2, 0.25) is 5.02 Å². The second kappa shape index (κ2) is 10.7. The third-order valence-electron chi connectivity index (χ3n) is 7.11. The van der Waals surface area contributed by atoms with E-state index in [0.717, 1.165) is 24.6 Å². The van der Waals surface area contributed by atoms with Gasteiger partial charge in [0.2, 0.25) is 15.9 Å². The van der Waals surface area contributed by atoms with Crippen LogP contribution in [0.4, 0.5) is 5.69 Å². The van der Waals surface area contributed by atoms with Crippen molar-refractivity contribution in [3.8, 4) is 0 Å². The van der Waals surface area contributed by atoms with Crippen molar-refractivity contribution in [3.63, 3.8) is 0 Å². The number of amides is 1. The molecule has 2 heterocycles. The molecule has 0 saturated carbocycles. The molecule has 1 N–H and O–H groups in total. The Morgan fingerprint density at radius 3 is 2.29 bits per heavy atom. The zero-order valence-electron chi connectivity index (χ0n) is 19.9. The molecule has 4 rings (SSSR count). The van der Waals surface area contributed by atoms with Gasteiger partial charge in [-0.25, -0.2) is 8.42 Å². The van der Waals surface area contributed by atoms with E-state index in [2.05, 4.69) is 41.4 Å². The maximum atomic E-state index is 13.0. The van der Waals surface area contributed by atoms with E-state index in [4.69, 9.17) is 11.6 Å². The predicted molar refractivity (Wildman–Crippen MR) is 137 cm³/mol. The SMILES string of the molecule is CC1CCN(c2ccc([C@H](C)NC(=O)[C@@H]3CCCN(S(=O)(=O)c4ccc(Cl)cc4)C3)cc2)CC1. The molecule has 0 unspecified atom stereocenters. The summed E-state index contributed by atoms with van der Waals surface area (Å²) in [7, 11) is -3.65. The van der Waals surface area contributed by atoms with Gasteiger partial charge in [-0.15, -0.1) is 0 Å². The Balaban J connectivity index is 1.36. The summed E-state index contributed by atoms with van der Waals surface area (Å²) in [6, 6.07) is 14.4. The number of benzene rings is 2. The predicted octanol–water partition coefficient (Wildman–Crippen LogP) is 4.85. The summed E-state index contributed by atoms with van der Waals surface area (Å²) >= 11 is 5.90. The quantitative estimate of drug-likeness (QED) is 0.611. The highest BCUT2D eigenvalue weighted by Gasteiger charge is 2.33. The van der Waals surface area contributed by atoms with E-state index in [1.54, 1.807) is 12.1 Å². The van der Waals surface area contributed by atoms with Gasteiger partial charge < -0.3 is 10.2 Å². The molecule has 34 heavy (non-hydrogen) atoms. The number of halogens is 1. The number of hydrogen-bond acceptors (Lipinski definition) is 4. The lowest BCUT2D eigenvalue weighted by atomic mass is 9.97. The van der Waals surface area contributed by atoms with Crippen LogP contribution >= 0.6 is 11.6 Å². The molecule has 184 valence electrons. The number of anilines is 1. The number of carbonyl (C=O) groups is 1. The standard InChI is InChI=1S/C26H34ClN3O3S/c1-19-13-16-29(17-14-19)24-9-5-21(6-10-24)20(2)28-26(31)22-4-3-15-30(18-22)34(32,33)25-11-7-23(27)8-12-25/h5-12,19-20,22H,3-4,13-18H2,1-2H3,(H,28,31)/t20-,22+/m0/s1. The topological polar surface area (TPSA) is 69.7 Å². The summed E-state index contributed by atoms with van der Waals surface area (Å²) < 4.78 is 27.5. The number of hydrogen-bond donors (Lipinski definition) is 1. The number of rotatable bonds is 6. The third kappa shape index (κ3) is 5.75. The summed E-state index contributed by atoms with van der Waals surface area (Å²) in [6.07, 6.45) is 3.78. The van der Waals surface area contributed by atoms with E-state index >= 15 is 0 Å². The average molecular weight is 504 g/mol. The van der Waals surface area contributed by atoms with Crippen molar-refractivity contribution < 1.29 is 13.2 Å². The maximum absolute atomic E-state index is 13.0. The highest BCUT2D eigenvalue weighted by Crippen LogP contribution is 2.27. The zero-order chi connectivity index (χ0) is 24.3. The van der Waals surface area contributed by atoms with Crippen molar-refractivity contribution in [2.75, 3.05) is 31.1 Å². The largest absolute Gasteiger partial charge is 0.372 e. The molecule has 2 atom stereocenters. The molecule has 2 aliphatic rings. The molecule has 2 saturated heterocycles. The van der Waals surface area contributed by atoms with Crippen LogP contribution in [0, 0.1) is 11.8 Å². The van der Waals surface area contributed by atoms with Crippen molar-refractivity contribution in [1.82, 2.24) is 9.62 Å². The molecule has 2 aromatic rings. The molecule has 2 aliphatic heterocycles. The molecular formula is C26H34ClN3O3S. The number of carbonyl (C=O) groups excluding carboxylic acids is 1. The summed E-state index contributed by atoms with van der Waals surface area (Å²) in [4.78, 5) is 15.6. The Labute approximate surface area is 208 Å².